The molecule has 0 fully saturated rings. The SMILES string of the molecule is CC(C)OCC(=O)N(Cc1ccco1)Cc1ccco1. The number of rotatable bonds is 7. The zero-order chi connectivity index (χ0) is 14.4. The van der Waals surface area contributed by atoms with Crippen LogP contribution in [0.2, 0.25) is 0 Å². The Bertz CT molecular complexity index is 466. The fraction of sp³-hybridized carbons (Fsp3) is 0.400. The van der Waals surface area contributed by atoms with Gasteiger partial charge in [0.25, 0.3) is 0 Å². The highest BCUT2D eigenvalue weighted by molar-refractivity contribution is 5.77. The molecule has 0 aromatic carbocycles. The van der Waals surface area contributed by atoms with E-state index < -0.39 is 0 Å². The minimum atomic E-state index is -0.0912. The van der Waals surface area contributed by atoms with Crippen molar-refractivity contribution >= 4 is 5.91 Å². The molecule has 0 spiro atoms. The molecule has 0 aliphatic rings. The number of nitrogens with zero attached hydrogens (tertiary/aromatic N) is 1. The first-order valence-corrected chi connectivity index (χ1v) is 6.59. The second-order valence-corrected chi connectivity index (χ2v) is 4.77. The van der Waals surface area contributed by atoms with E-state index in [4.69, 9.17) is 13.6 Å². The van der Waals surface area contributed by atoms with E-state index in [-0.39, 0.29) is 18.6 Å². The van der Waals surface area contributed by atoms with Gasteiger partial charge in [0.2, 0.25) is 5.91 Å². The van der Waals surface area contributed by atoms with Gasteiger partial charge in [-0.3, -0.25) is 4.79 Å². The predicted octanol–water partition coefficient (Wildman–Crippen LogP) is 2.83. The van der Waals surface area contributed by atoms with E-state index in [9.17, 15) is 4.79 Å². The molecule has 0 unspecified atom stereocenters. The number of carbonyl (C=O) groups is 1. The molecule has 20 heavy (non-hydrogen) atoms. The number of amides is 1. The van der Waals surface area contributed by atoms with Gasteiger partial charge in [-0.15, -0.1) is 0 Å². The molecule has 2 aromatic heterocycles. The highest BCUT2D eigenvalue weighted by Gasteiger charge is 2.17. The van der Waals surface area contributed by atoms with Gasteiger partial charge in [-0.1, -0.05) is 0 Å². The van der Waals surface area contributed by atoms with Gasteiger partial charge in [-0.25, -0.2) is 0 Å². The normalized spacial score (nSPS) is 10.9. The molecule has 0 bridgehead atoms. The molecule has 0 N–H and O–H groups in total. The summed E-state index contributed by atoms with van der Waals surface area (Å²) in [5, 5.41) is 0. The lowest BCUT2D eigenvalue weighted by molar-refractivity contribution is -0.139. The standard InChI is InChI=1S/C15H19NO4/c1-12(2)20-11-15(17)16(9-13-5-3-7-18-13)10-14-6-4-8-19-14/h3-8,12H,9-11H2,1-2H3. The Hall–Kier alpha value is -2.01. The number of hydrogen-bond acceptors (Lipinski definition) is 4. The number of furan rings is 2. The first-order valence-electron chi connectivity index (χ1n) is 6.59. The topological polar surface area (TPSA) is 55.8 Å². The van der Waals surface area contributed by atoms with Crippen molar-refractivity contribution in [3.8, 4) is 0 Å². The fourth-order valence-electron chi connectivity index (χ4n) is 1.74. The third-order valence-electron chi connectivity index (χ3n) is 2.75. The number of ether oxygens (including phenoxy) is 1. The number of carbonyl (C=O) groups excluding carboxylic acids is 1. The van der Waals surface area contributed by atoms with Crippen LogP contribution in [0.1, 0.15) is 25.4 Å². The summed E-state index contributed by atoms with van der Waals surface area (Å²) in [5.41, 5.74) is 0. The molecule has 0 saturated heterocycles. The summed E-state index contributed by atoms with van der Waals surface area (Å²) >= 11 is 0. The zero-order valence-electron chi connectivity index (χ0n) is 11.7. The van der Waals surface area contributed by atoms with Crippen LogP contribution < -0.4 is 0 Å². The van der Waals surface area contributed by atoms with E-state index in [2.05, 4.69) is 0 Å². The molecule has 0 aliphatic carbocycles. The summed E-state index contributed by atoms with van der Waals surface area (Å²) in [5.74, 6) is 1.37. The summed E-state index contributed by atoms with van der Waals surface area (Å²) in [4.78, 5) is 13.9. The van der Waals surface area contributed by atoms with E-state index in [1.54, 1.807) is 29.6 Å². The maximum Gasteiger partial charge on any atom is 0.249 e. The molecule has 2 aromatic rings. The minimum Gasteiger partial charge on any atom is -0.467 e. The summed E-state index contributed by atoms with van der Waals surface area (Å²) in [7, 11) is 0. The Morgan fingerprint density at radius 2 is 1.70 bits per heavy atom. The van der Waals surface area contributed by atoms with Crippen LogP contribution in [0.4, 0.5) is 0 Å². The third-order valence-corrected chi connectivity index (χ3v) is 2.75. The summed E-state index contributed by atoms with van der Waals surface area (Å²) in [6.07, 6.45) is 3.21. The molecule has 0 saturated carbocycles. The van der Waals surface area contributed by atoms with Crippen molar-refractivity contribution in [1.29, 1.82) is 0 Å². The first-order chi connectivity index (χ1) is 9.65. The molecule has 0 atom stereocenters. The van der Waals surface area contributed by atoms with Crippen molar-refractivity contribution < 1.29 is 18.4 Å². The fourth-order valence-corrected chi connectivity index (χ4v) is 1.74. The molecular weight excluding hydrogens is 258 g/mol. The second-order valence-electron chi connectivity index (χ2n) is 4.77. The van der Waals surface area contributed by atoms with E-state index >= 15 is 0 Å². The predicted molar refractivity (Wildman–Crippen MR) is 72.8 cm³/mol. The van der Waals surface area contributed by atoms with Crippen LogP contribution in [-0.2, 0) is 22.6 Å². The Balaban J connectivity index is 2.00. The van der Waals surface area contributed by atoms with Gasteiger partial charge >= 0.3 is 0 Å². The average molecular weight is 277 g/mol. The van der Waals surface area contributed by atoms with Crippen LogP contribution in [0.3, 0.4) is 0 Å². The molecule has 0 aliphatic heterocycles. The summed E-state index contributed by atoms with van der Waals surface area (Å²) < 4.78 is 16.0. The van der Waals surface area contributed by atoms with E-state index in [1.165, 1.54) is 0 Å². The van der Waals surface area contributed by atoms with Gasteiger partial charge in [0.05, 0.1) is 31.7 Å². The first kappa shape index (κ1) is 14.4. The molecule has 108 valence electrons. The lowest BCUT2D eigenvalue weighted by Crippen LogP contribution is -2.33. The van der Waals surface area contributed by atoms with Crippen molar-refractivity contribution in [2.75, 3.05) is 6.61 Å². The van der Waals surface area contributed by atoms with Crippen LogP contribution in [0.25, 0.3) is 0 Å². The highest BCUT2D eigenvalue weighted by Crippen LogP contribution is 2.11. The van der Waals surface area contributed by atoms with Gasteiger partial charge in [0, 0.05) is 0 Å². The third kappa shape index (κ3) is 4.28. The van der Waals surface area contributed by atoms with Crippen LogP contribution in [0, 0.1) is 0 Å². The van der Waals surface area contributed by atoms with Gasteiger partial charge in [0.1, 0.15) is 18.1 Å². The van der Waals surface area contributed by atoms with E-state index in [0.717, 1.165) is 11.5 Å². The molecular formula is C15H19NO4. The van der Waals surface area contributed by atoms with Crippen molar-refractivity contribution in [1.82, 2.24) is 4.90 Å². The average Bonchev–Trinajstić information content (AvgIpc) is 3.08. The highest BCUT2D eigenvalue weighted by atomic mass is 16.5. The van der Waals surface area contributed by atoms with E-state index in [0.29, 0.717) is 13.1 Å². The van der Waals surface area contributed by atoms with Gasteiger partial charge in [0.15, 0.2) is 0 Å². The smallest absolute Gasteiger partial charge is 0.249 e. The van der Waals surface area contributed by atoms with Crippen molar-refractivity contribution in [2.45, 2.75) is 33.0 Å². The quantitative estimate of drug-likeness (QED) is 0.781. The molecule has 2 rings (SSSR count). The molecule has 0 radical (unpaired) electrons. The Kier molecular flexibility index (Phi) is 5.01. The minimum absolute atomic E-state index is 0.0213. The molecule has 1 amide bonds. The molecule has 5 heteroatoms. The molecule has 5 nitrogen and oxygen atoms in total. The monoisotopic (exact) mass is 277 g/mol. The largest absolute Gasteiger partial charge is 0.467 e. The lowest BCUT2D eigenvalue weighted by atomic mass is 10.3. The summed E-state index contributed by atoms with van der Waals surface area (Å²) in [6.45, 7) is 4.65. The zero-order valence-corrected chi connectivity index (χ0v) is 11.7. The Labute approximate surface area is 118 Å². The van der Waals surface area contributed by atoms with Crippen molar-refractivity contribution in [3.63, 3.8) is 0 Å². The Morgan fingerprint density at radius 3 is 2.10 bits per heavy atom. The Morgan fingerprint density at radius 1 is 1.15 bits per heavy atom. The summed E-state index contributed by atoms with van der Waals surface area (Å²) in [6, 6.07) is 7.28. The van der Waals surface area contributed by atoms with E-state index in [1.807, 2.05) is 26.0 Å². The lowest BCUT2D eigenvalue weighted by Gasteiger charge is -2.21. The van der Waals surface area contributed by atoms with Crippen molar-refractivity contribution in [2.24, 2.45) is 0 Å². The maximum atomic E-state index is 12.2. The van der Waals surface area contributed by atoms with Crippen LogP contribution >= 0.6 is 0 Å². The van der Waals surface area contributed by atoms with Gasteiger partial charge < -0.3 is 18.5 Å². The van der Waals surface area contributed by atoms with Crippen LogP contribution in [-0.4, -0.2) is 23.5 Å². The van der Waals surface area contributed by atoms with Gasteiger partial charge in [-0.2, -0.15) is 0 Å². The van der Waals surface area contributed by atoms with Crippen LogP contribution in [0.5, 0.6) is 0 Å². The van der Waals surface area contributed by atoms with Crippen molar-refractivity contribution in [3.05, 3.63) is 48.3 Å². The van der Waals surface area contributed by atoms with Crippen LogP contribution in [0.15, 0.2) is 45.6 Å². The molecule has 2 heterocycles. The second kappa shape index (κ2) is 6.96. The maximum absolute atomic E-state index is 12.2. The van der Waals surface area contributed by atoms with Gasteiger partial charge in [-0.05, 0) is 38.1 Å². The number of hydrogen-bond donors (Lipinski definition) is 0.